The van der Waals surface area contributed by atoms with E-state index in [1.165, 1.54) is 11.3 Å². The summed E-state index contributed by atoms with van der Waals surface area (Å²) in [6.45, 7) is 0. The van der Waals surface area contributed by atoms with Crippen LogP contribution in [-0.2, 0) is 11.2 Å². The lowest BCUT2D eigenvalue weighted by atomic mass is 10.1. The van der Waals surface area contributed by atoms with Gasteiger partial charge in [0.05, 0.1) is 19.2 Å². The van der Waals surface area contributed by atoms with E-state index < -0.39 is 0 Å². The summed E-state index contributed by atoms with van der Waals surface area (Å²) in [6.07, 6.45) is 1.95. The van der Waals surface area contributed by atoms with E-state index in [0.717, 1.165) is 28.1 Å². The van der Waals surface area contributed by atoms with Crippen LogP contribution in [0.5, 0.6) is 5.75 Å². The molecule has 26 heavy (non-hydrogen) atoms. The molecule has 3 aromatic heterocycles. The second kappa shape index (κ2) is 6.93. The molecule has 0 aliphatic carbocycles. The normalized spacial score (nSPS) is 10.8. The van der Waals surface area contributed by atoms with Gasteiger partial charge < -0.3 is 10.1 Å². The Bertz CT molecular complexity index is 1070. The summed E-state index contributed by atoms with van der Waals surface area (Å²) in [5, 5.41) is 13.3. The standard InChI is InChI=1S/C18H15N5O2S/c1-25-12-5-2-4-11(8-12)9-15(24)21-18-20-14(10-26-18)16-13-6-3-7-19-17(13)23-22-16/h2-8,10H,9H2,1H3,(H,19,22,23)(H,20,21,24). The third kappa shape index (κ3) is 3.27. The van der Waals surface area contributed by atoms with Crippen LogP contribution < -0.4 is 10.1 Å². The lowest BCUT2D eigenvalue weighted by Gasteiger charge is -2.04. The minimum atomic E-state index is -0.129. The summed E-state index contributed by atoms with van der Waals surface area (Å²) in [7, 11) is 1.60. The molecule has 1 aromatic carbocycles. The van der Waals surface area contributed by atoms with Gasteiger partial charge in [-0.05, 0) is 29.8 Å². The Balaban J connectivity index is 1.49. The van der Waals surface area contributed by atoms with Gasteiger partial charge in [0.2, 0.25) is 5.91 Å². The number of H-pyrrole nitrogens is 1. The molecule has 3 heterocycles. The molecule has 0 atom stereocenters. The number of aromatic amines is 1. The van der Waals surface area contributed by atoms with Gasteiger partial charge in [0, 0.05) is 17.0 Å². The Labute approximate surface area is 153 Å². The molecular weight excluding hydrogens is 350 g/mol. The number of rotatable bonds is 5. The van der Waals surface area contributed by atoms with E-state index in [-0.39, 0.29) is 12.3 Å². The van der Waals surface area contributed by atoms with Crippen molar-refractivity contribution in [2.75, 3.05) is 12.4 Å². The molecule has 0 aliphatic rings. The maximum Gasteiger partial charge on any atom is 0.230 e. The molecule has 0 fully saturated rings. The highest BCUT2D eigenvalue weighted by Gasteiger charge is 2.13. The SMILES string of the molecule is COc1cccc(CC(=O)Nc2nc(-c3[nH]nc4ncccc34)cs2)c1. The molecule has 4 aromatic rings. The zero-order valence-electron chi connectivity index (χ0n) is 13.9. The van der Waals surface area contributed by atoms with E-state index in [2.05, 4.69) is 25.5 Å². The lowest BCUT2D eigenvalue weighted by Crippen LogP contribution is -2.14. The van der Waals surface area contributed by atoms with Crippen molar-refractivity contribution in [3.05, 3.63) is 53.5 Å². The predicted octanol–water partition coefficient (Wildman–Crippen LogP) is 3.27. The van der Waals surface area contributed by atoms with Gasteiger partial charge in [0.15, 0.2) is 10.8 Å². The van der Waals surface area contributed by atoms with Crippen molar-refractivity contribution in [3.8, 4) is 17.1 Å². The van der Waals surface area contributed by atoms with Gasteiger partial charge >= 0.3 is 0 Å². The fraction of sp³-hybridized carbons (Fsp3) is 0.111. The van der Waals surface area contributed by atoms with Crippen LogP contribution in [0.15, 0.2) is 48.0 Å². The average molecular weight is 365 g/mol. The number of anilines is 1. The molecule has 2 N–H and O–H groups in total. The summed E-state index contributed by atoms with van der Waals surface area (Å²) in [5.41, 5.74) is 3.03. The number of carbonyl (C=O) groups is 1. The number of hydrogen-bond donors (Lipinski definition) is 2. The summed E-state index contributed by atoms with van der Waals surface area (Å²) in [4.78, 5) is 21.0. The number of amides is 1. The first-order chi connectivity index (χ1) is 12.7. The summed E-state index contributed by atoms with van der Waals surface area (Å²) < 4.78 is 5.18. The van der Waals surface area contributed by atoms with E-state index in [1.807, 2.05) is 41.8 Å². The van der Waals surface area contributed by atoms with Gasteiger partial charge in [0.25, 0.3) is 0 Å². The van der Waals surface area contributed by atoms with Gasteiger partial charge in [0.1, 0.15) is 11.4 Å². The highest BCUT2D eigenvalue weighted by atomic mass is 32.1. The summed E-state index contributed by atoms with van der Waals surface area (Å²) in [6, 6.07) is 11.2. The van der Waals surface area contributed by atoms with E-state index in [9.17, 15) is 4.79 Å². The fourth-order valence-electron chi connectivity index (χ4n) is 2.62. The van der Waals surface area contributed by atoms with Crippen LogP contribution in [0, 0.1) is 0 Å². The number of carbonyl (C=O) groups excluding carboxylic acids is 1. The minimum absolute atomic E-state index is 0.129. The zero-order valence-corrected chi connectivity index (χ0v) is 14.7. The maximum absolute atomic E-state index is 12.3. The molecule has 0 unspecified atom stereocenters. The van der Waals surface area contributed by atoms with Crippen molar-refractivity contribution in [2.45, 2.75) is 6.42 Å². The Morgan fingerprint density at radius 3 is 3.12 bits per heavy atom. The number of nitrogens with one attached hydrogen (secondary N) is 2. The first-order valence-corrected chi connectivity index (χ1v) is 8.78. The van der Waals surface area contributed by atoms with Gasteiger partial charge in [-0.1, -0.05) is 12.1 Å². The Morgan fingerprint density at radius 1 is 1.31 bits per heavy atom. The number of fused-ring (bicyclic) bond motifs is 1. The molecule has 0 radical (unpaired) electrons. The van der Waals surface area contributed by atoms with Gasteiger partial charge in [-0.2, -0.15) is 5.10 Å². The highest BCUT2D eigenvalue weighted by molar-refractivity contribution is 7.14. The van der Waals surface area contributed by atoms with E-state index in [4.69, 9.17) is 4.74 Å². The van der Waals surface area contributed by atoms with Crippen molar-refractivity contribution >= 4 is 33.4 Å². The van der Waals surface area contributed by atoms with Crippen molar-refractivity contribution in [1.82, 2.24) is 20.2 Å². The average Bonchev–Trinajstić information content (AvgIpc) is 3.28. The number of methoxy groups -OCH3 is 1. The van der Waals surface area contributed by atoms with Crippen molar-refractivity contribution in [3.63, 3.8) is 0 Å². The van der Waals surface area contributed by atoms with E-state index in [1.54, 1.807) is 13.3 Å². The van der Waals surface area contributed by atoms with Crippen LogP contribution in [0.1, 0.15) is 5.56 Å². The first-order valence-electron chi connectivity index (χ1n) is 7.91. The molecule has 0 aliphatic heterocycles. The molecule has 130 valence electrons. The molecule has 0 spiro atoms. The van der Waals surface area contributed by atoms with Crippen molar-refractivity contribution in [2.24, 2.45) is 0 Å². The largest absolute Gasteiger partial charge is 0.497 e. The number of benzene rings is 1. The van der Waals surface area contributed by atoms with Crippen LogP contribution in [0.4, 0.5) is 5.13 Å². The number of hydrogen-bond acceptors (Lipinski definition) is 6. The third-order valence-corrected chi connectivity index (χ3v) is 4.59. The van der Waals surface area contributed by atoms with Crippen LogP contribution in [-0.4, -0.2) is 33.2 Å². The molecule has 4 rings (SSSR count). The number of pyridine rings is 1. The van der Waals surface area contributed by atoms with E-state index >= 15 is 0 Å². The van der Waals surface area contributed by atoms with Crippen molar-refractivity contribution in [1.29, 1.82) is 0 Å². The molecule has 0 saturated heterocycles. The molecule has 1 amide bonds. The second-order valence-corrected chi connectivity index (χ2v) is 6.45. The van der Waals surface area contributed by atoms with Crippen LogP contribution in [0.3, 0.4) is 0 Å². The topological polar surface area (TPSA) is 92.8 Å². The van der Waals surface area contributed by atoms with Crippen LogP contribution in [0.25, 0.3) is 22.4 Å². The number of aromatic nitrogens is 4. The summed E-state index contributed by atoms with van der Waals surface area (Å²) >= 11 is 1.37. The van der Waals surface area contributed by atoms with Crippen LogP contribution >= 0.6 is 11.3 Å². The molecule has 8 heteroatoms. The fourth-order valence-corrected chi connectivity index (χ4v) is 3.34. The van der Waals surface area contributed by atoms with E-state index in [0.29, 0.717) is 10.8 Å². The van der Waals surface area contributed by atoms with Gasteiger partial charge in [-0.25, -0.2) is 9.97 Å². The monoisotopic (exact) mass is 365 g/mol. The quantitative estimate of drug-likeness (QED) is 0.566. The Hall–Kier alpha value is -3.26. The maximum atomic E-state index is 12.3. The summed E-state index contributed by atoms with van der Waals surface area (Å²) in [5.74, 6) is 0.599. The smallest absolute Gasteiger partial charge is 0.230 e. The van der Waals surface area contributed by atoms with Crippen LogP contribution in [0.2, 0.25) is 0 Å². The zero-order chi connectivity index (χ0) is 17.9. The highest BCUT2D eigenvalue weighted by Crippen LogP contribution is 2.28. The number of nitrogens with zero attached hydrogens (tertiary/aromatic N) is 3. The number of thiazole rings is 1. The minimum Gasteiger partial charge on any atom is -0.497 e. The first kappa shape index (κ1) is 16.2. The Morgan fingerprint density at radius 2 is 2.23 bits per heavy atom. The lowest BCUT2D eigenvalue weighted by molar-refractivity contribution is -0.115. The molecule has 7 nitrogen and oxygen atoms in total. The molecule has 0 saturated carbocycles. The third-order valence-electron chi connectivity index (χ3n) is 3.84. The molecular formula is C18H15N5O2S. The molecule has 0 bridgehead atoms. The Kier molecular flexibility index (Phi) is 4.32. The second-order valence-electron chi connectivity index (χ2n) is 5.59. The number of ether oxygens (including phenoxy) is 1. The van der Waals surface area contributed by atoms with Crippen molar-refractivity contribution < 1.29 is 9.53 Å². The predicted molar refractivity (Wildman–Crippen MR) is 100 cm³/mol. The van der Waals surface area contributed by atoms with Gasteiger partial charge in [-0.15, -0.1) is 11.3 Å². The van der Waals surface area contributed by atoms with Gasteiger partial charge in [-0.3, -0.25) is 9.89 Å².